The van der Waals surface area contributed by atoms with Gasteiger partial charge in [0, 0.05) is 6.07 Å². The van der Waals surface area contributed by atoms with E-state index in [0.29, 0.717) is 22.4 Å². The van der Waals surface area contributed by atoms with Crippen LogP contribution >= 0.6 is 0 Å². The van der Waals surface area contributed by atoms with Crippen LogP contribution in [0.4, 0.5) is 0 Å². The zero-order valence-electron chi connectivity index (χ0n) is 7.13. The zero-order valence-corrected chi connectivity index (χ0v) is 7.13. The van der Waals surface area contributed by atoms with Crippen LogP contribution in [0.5, 0.6) is 11.5 Å². The molecule has 0 aromatic heterocycles. The Labute approximate surface area is 74.7 Å². The fourth-order valence-corrected chi connectivity index (χ4v) is 0.949. The van der Waals surface area contributed by atoms with Crippen molar-refractivity contribution in [1.29, 1.82) is 0 Å². The Morgan fingerprint density at radius 1 is 0.917 bits per heavy atom. The van der Waals surface area contributed by atoms with E-state index in [1.165, 1.54) is 0 Å². The molecule has 0 bridgehead atoms. The number of benzene rings is 1. The number of methoxy groups -OCH3 is 2. The molecule has 12 heavy (non-hydrogen) atoms. The highest BCUT2D eigenvalue weighted by atomic mass is 16.5. The molecule has 2 nitrogen and oxygen atoms in total. The van der Waals surface area contributed by atoms with Gasteiger partial charge in [-0.1, -0.05) is 17.0 Å². The number of ether oxygens (including phenoxy) is 2. The van der Waals surface area contributed by atoms with Gasteiger partial charge < -0.3 is 9.47 Å². The van der Waals surface area contributed by atoms with Gasteiger partial charge in [-0.2, -0.15) is 0 Å². The van der Waals surface area contributed by atoms with Gasteiger partial charge in [0.05, 0.1) is 14.2 Å². The maximum absolute atomic E-state index is 5.59. The minimum absolute atomic E-state index is 0.510. The van der Waals surface area contributed by atoms with E-state index in [2.05, 4.69) is 0 Å². The van der Waals surface area contributed by atoms with E-state index in [4.69, 9.17) is 25.2 Å². The van der Waals surface area contributed by atoms with Crippen molar-refractivity contribution < 1.29 is 9.47 Å². The molecule has 0 saturated heterocycles. The van der Waals surface area contributed by atoms with Crippen LogP contribution in [0.25, 0.3) is 0 Å². The molecule has 0 atom stereocenters. The van der Waals surface area contributed by atoms with Crippen molar-refractivity contribution in [2.45, 2.75) is 0 Å². The first-order chi connectivity index (χ1) is 5.69. The molecule has 1 aromatic rings. The summed E-state index contributed by atoms with van der Waals surface area (Å²) in [7, 11) is 14.3. The van der Waals surface area contributed by atoms with Crippen LogP contribution < -0.4 is 20.4 Å². The van der Waals surface area contributed by atoms with Gasteiger partial charge in [-0.3, -0.25) is 0 Å². The zero-order chi connectivity index (χ0) is 9.14. The minimum Gasteiger partial charge on any atom is -0.497 e. The average Bonchev–Trinajstić information content (AvgIpc) is 2.05. The van der Waals surface area contributed by atoms with Crippen LogP contribution in [0.3, 0.4) is 0 Å². The molecule has 4 radical (unpaired) electrons. The fraction of sp³-hybridized carbons (Fsp3) is 0.250. The van der Waals surface area contributed by atoms with Gasteiger partial charge in [0.15, 0.2) is 0 Å². The van der Waals surface area contributed by atoms with Crippen LogP contribution in [0.2, 0.25) is 0 Å². The van der Waals surface area contributed by atoms with Crippen LogP contribution in [0.1, 0.15) is 0 Å². The maximum Gasteiger partial charge on any atom is 0.118 e. The summed E-state index contributed by atoms with van der Waals surface area (Å²) in [5.41, 5.74) is 1.02. The second-order valence-electron chi connectivity index (χ2n) is 2.34. The molecule has 0 amide bonds. The molecular weight excluding hydrogens is 150 g/mol. The molecule has 1 rings (SSSR count). The summed E-state index contributed by atoms with van der Waals surface area (Å²) in [6, 6.07) is 3.27. The third-order valence-electron chi connectivity index (χ3n) is 1.58. The molecule has 1 aromatic carbocycles. The van der Waals surface area contributed by atoms with E-state index in [0.717, 1.165) is 0 Å². The quantitative estimate of drug-likeness (QED) is 0.529. The summed E-state index contributed by atoms with van der Waals surface area (Å²) in [4.78, 5) is 0. The van der Waals surface area contributed by atoms with Crippen molar-refractivity contribution in [3.05, 3.63) is 12.1 Å². The Kier molecular flexibility index (Phi) is 2.69. The van der Waals surface area contributed by atoms with Crippen LogP contribution in [0, 0.1) is 0 Å². The lowest BCUT2D eigenvalue weighted by Gasteiger charge is -2.10. The Morgan fingerprint density at radius 3 is 1.67 bits per heavy atom. The third-order valence-corrected chi connectivity index (χ3v) is 1.58. The first-order valence-corrected chi connectivity index (χ1v) is 3.46. The predicted octanol–water partition coefficient (Wildman–Crippen LogP) is -0.709. The molecular formula is C8H8B2O2. The smallest absolute Gasteiger partial charge is 0.118 e. The molecule has 0 saturated carbocycles. The summed E-state index contributed by atoms with van der Waals surface area (Å²) in [6.45, 7) is 0. The Balaban J connectivity index is 3.18. The lowest BCUT2D eigenvalue weighted by atomic mass is 9.86. The molecule has 0 spiro atoms. The number of rotatable bonds is 2. The topological polar surface area (TPSA) is 18.5 Å². The molecule has 0 aliphatic rings. The van der Waals surface area contributed by atoms with Gasteiger partial charge in [-0.05, 0) is 0 Å². The fourth-order valence-electron chi connectivity index (χ4n) is 0.949. The molecule has 0 heterocycles. The second kappa shape index (κ2) is 3.57. The monoisotopic (exact) mass is 158 g/mol. The van der Waals surface area contributed by atoms with E-state index < -0.39 is 0 Å². The van der Waals surface area contributed by atoms with Crippen molar-refractivity contribution in [1.82, 2.24) is 0 Å². The van der Waals surface area contributed by atoms with Gasteiger partial charge in [-0.15, -0.1) is 0 Å². The highest BCUT2D eigenvalue weighted by molar-refractivity contribution is 6.40. The molecule has 0 N–H and O–H groups in total. The van der Waals surface area contributed by atoms with E-state index in [1.807, 2.05) is 0 Å². The third kappa shape index (κ3) is 1.58. The highest BCUT2D eigenvalue weighted by Crippen LogP contribution is 2.12. The Hall–Kier alpha value is -1.05. The van der Waals surface area contributed by atoms with Crippen LogP contribution in [0.15, 0.2) is 12.1 Å². The molecule has 58 valence electrons. The summed E-state index contributed by atoms with van der Waals surface area (Å²) < 4.78 is 9.96. The Bertz CT molecular complexity index is 261. The lowest BCUT2D eigenvalue weighted by Crippen LogP contribution is -2.17. The average molecular weight is 158 g/mol. The largest absolute Gasteiger partial charge is 0.497 e. The van der Waals surface area contributed by atoms with Gasteiger partial charge in [0.2, 0.25) is 0 Å². The minimum atomic E-state index is 0.510. The van der Waals surface area contributed by atoms with Crippen molar-refractivity contribution in [3.63, 3.8) is 0 Å². The molecule has 0 fully saturated rings. The summed E-state index contributed by atoms with van der Waals surface area (Å²) >= 11 is 0. The molecule has 0 aliphatic heterocycles. The van der Waals surface area contributed by atoms with Crippen LogP contribution in [-0.4, -0.2) is 29.9 Å². The number of hydrogen-bond acceptors (Lipinski definition) is 2. The summed E-state index contributed by atoms with van der Waals surface area (Å²) in [5, 5.41) is 0. The molecule has 4 heteroatoms. The van der Waals surface area contributed by atoms with Crippen molar-refractivity contribution in [2.75, 3.05) is 14.2 Å². The van der Waals surface area contributed by atoms with Crippen molar-refractivity contribution in [2.24, 2.45) is 0 Å². The van der Waals surface area contributed by atoms with Gasteiger partial charge in [0.1, 0.15) is 27.2 Å². The van der Waals surface area contributed by atoms with Gasteiger partial charge in [0.25, 0.3) is 0 Å². The molecule has 0 unspecified atom stereocenters. The van der Waals surface area contributed by atoms with E-state index in [1.54, 1.807) is 26.4 Å². The van der Waals surface area contributed by atoms with E-state index in [9.17, 15) is 0 Å². The maximum atomic E-state index is 5.59. The van der Waals surface area contributed by atoms with E-state index in [-0.39, 0.29) is 0 Å². The first-order valence-electron chi connectivity index (χ1n) is 3.46. The normalized spacial score (nSPS) is 9.50. The van der Waals surface area contributed by atoms with Crippen molar-refractivity contribution in [3.8, 4) is 11.5 Å². The second-order valence-corrected chi connectivity index (χ2v) is 2.34. The standard InChI is InChI=1S/C8H8B2O2/c1-11-7-4-8(12-2)6(10)3-5(7)9/h3-4H,1-2H3. The summed E-state index contributed by atoms with van der Waals surface area (Å²) in [6.07, 6.45) is 0. The van der Waals surface area contributed by atoms with E-state index >= 15 is 0 Å². The van der Waals surface area contributed by atoms with Crippen LogP contribution in [-0.2, 0) is 0 Å². The van der Waals surface area contributed by atoms with Gasteiger partial charge >= 0.3 is 0 Å². The Morgan fingerprint density at radius 2 is 1.33 bits per heavy atom. The highest BCUT2D eigenvalue weighted by Gasteiger charge is 2.02. The number of hydrogen-bond donors (Lipinski definition) is 0. The lowest BCUT2D eigenvalue weighted by molar-refractivity contribution is 0.398. The SMILES string of the molecule is [B]c1cc([B])c(OC)cc1OC. The summed E-state index contributed by atoms with van der Waals surface area (Å²) in [5.74, 6) is 1.14. The van der Waals surface area contributed by atoms with Crippen molar-refractivity contribution >= 4 is 26.6 Å². The first kappa shape index (κ1) is 9.04. The predicted molar refractivity (Wildman–Crippen MR) is 50.3 cm³/mol. The molecule has 0 aliphatic carbocycles. The van der Waals surface area contributed by atoms with Gasteiger partial charge in [-0.25, -0.2) is 0 Å².